The zero-order chi connectivity index (χ0) is 14.6. The zero-order valence-electron chi connectivity index (χ0n) is 12.3. The minimum absolute atomic E-state index is 0.200. The lowest BCUT2D eigenvalue weighted by atomic mass is 10.1. The van der Waals surface area contributed by atoms with Crippen LogP contribution in [0.25, 0.3) is 0 Å². The number of rotatable bonds is 6. The maximum Gasteiger partial charge on any atom is 0.335 e. The van der Waals surface area contributed by atoms with Crippen LogP contribution in [0.4, 0.5) is 5.82 Å². The standard InChI is InChI=1S/C14H23N3O2/c1-9(2)12-6-11(14(18)19)7-13(16-12)15-8-10(3)17(4)5/h6-7,9-10H,8H2,1-5H3,(H,15,16)(H,18,19). The van der Waals surface area contributed by atoms with E-state index in [-0.39, 0.29) is 11.5 Å². The van der Waals surface area contributed by atoms with E-state index in [0.29, 0.717) is 11.9 Å². The smallest absolute Gasteiger partial charge is 0.335 e. The molecule has 1 unspecified atom stereocenters. The van der Waals surface area contributed by atoms with Gasteiger partial charge in [-0.15, -0.1) is 0 Å². The third kappa shape index (κ3) is 4.52. The van der Waals surface area contributed by atoms with Crippen molar-refractivity contribution in [1.29, 1.82) is 0 Å². The Balaban J connectivity index is 2.90. The molecule has 0 saturated heterocycles. The molecule has 0 radical (unpaired) electrons. The molecule has 0 aliphatic carbocycles. The fraction of sp³-hybridized carbons (Fsp3) is 0.571. The highest BCUT2D eigenvalue weighted by Crippen LogP contribution is 2.17. The summed E-state index contributed by atoms with van der Waals surface area (Å²) >= 11 is 0. The van der Waals surface area contributed by atoms with Crippen LogP contribution >= 0.6 is 0 Å². The average Bonchev–Trinajstić information content (AvgIpc) is 2.35. The molecule has 19 heavy (non-hydrogen) atoms. The van der Waals surface area contributed by atoms with Gasteiger partial charge in [-0.1, -0.05) is 13.8 Å². The highest BCUT2D eigenvalue weighted by Gasteiger charge is 2.11. The number of carboxylic acids is 1. The number of likely N-dealkylation sites (N-methyl/N-ethyl adjacent to an activating group) is 1. The fourth-order valence-electron chi connectivity index (χ4n) is 1.50. The Kier molecular flexibility index (Phi) is 5.30. The quantitative estimate of drug-likeness (QED) is 0.826. The number of pyridine rings is 1. The van der Waals surface area contributed by atoms with Crippen molar-refractivity contribution in [2.75, 3.05) is 26.0 Å². The maximum atomic E-state index is 11.1. The Morgan fingerprint density at radius 1 is 1.37 bits per heavy atom. The number of anilines is 1. The molecule has 0 spiro atoms. The molecular formula is C14H23N3O2. The lowest BCUT2D eigenvalue weighted by Crippen LogP contribution is -2.31. The number of nitrogens with zero attached hydrogens (tertiary/aromatic N) is 2. The van der Waals surface area contributed by atoms with Gasteiger partial charge < -0.3 is 15.3 Å². The van der Waals surface area contributed by atoms with Crippen molar-refractivity contribution < 1.29 is 9.90 Å². The maximum absolute atomic E-state index is 11.1. The normalized spacial score (nSPS) is 12.8. The van der Waals surface area contributed by atoms with Gasteiger partial charge in [0.1, 0.15) is 5.82 Å². The van der Waals surface area contributed by atoms with Crippen LogP contribution < -0.4 is 5.32 Å². The molecule has 5 nitrogen and oxygen atoms in total. The van der Waals surface area contributed by atoms with Gasteiger partial charge in [0.25, 0.3) is 0 Å². The van der Waals surface area contributed by atoms with Gasteiger partial charge in [-0.25, -0.2) is 9.78 Å². The zero-order valence-corrected chi connectivity index (χ0v) is 12.3. The summed E-state index contributed by atoms with van der Waals surface area (Å²) in [6.45, 7) is 6.82. The third-order valence-electron chi connectivity index (χ3n) is 3.14. The topological polar surface area (TPSA) is 65.5 Å². The summed E-state index contributed by atoms with van der Waals surface area (Å²) in [7, 11) is 4.01. The van der Waals surface area contributed by atoms with Gasteiger partial charge in [0.05, 0.1) is 5.56 Å². The summed E-state index contributed by atoms with van der Waals surface area (Å²) in [5.74, 6) is -0.101. The Morgan fingerprint density at radius 2 is 2.00 bits per heavy atom. The third-order valence-corrected chi connectivity index (χ3v) is 3.14. The van der Waals surface area contributed by atoms with Crippen LogP contribution in [-0.4, -0.2) is 47.6 Å². The fourth-order valence-corrected chi connectivity index (χ4v) is 1.50. The number of carboxylic acid groups (broad SMARTS) is 1. The van der Waals surface area contributed by atoms with Gasteiger partial charge in [-0.2, -0.15) is 0 Å². The first-order valence-corrected chi connectivity index (χ1v) is 6.46. The van der Waals surface area contributed by atoms with Gasteiger partial charge in [0.15, 0.2) is 0 Å². The Bertz CT molecular complexity index is 444. The molecule has 106 valence electrons. The van der Waals surface area contributed by atoms with Crippen molar-refractivity contribution in [3.8, 4) is 0 Å². The van der Waals surface area contributed by atoms with E-state index in [9.17, 15) is 4.79 Å². The second-order valence-corrected chi connectivity index (χ2v) is 5.32. The van der Waals surface area contributed by atoms with E-state index in [1.165, 1.54) is 0 Å². The molecule has 1 aromatic rings. The number of aromatic nitrogens is 1. The first-order chi connectivity index (χ1) is 8.81. The second kappa shape index (κ2) is 6.52. The van der Waals surface area contributed by atoms with Crippen LogP contribution in [-0.2, 0) is 0 Å². The molecule has 1 rings (SSSR count). The lowest BCUT2D eigenvalue weighted by Gasteiger charge is -2.20. The summed E-state index contributed by atoms with van der Waals surface area (Å²) < 4.78 is 0. The predicted octanol–water partition coefficient (Wildman–Crippen LogP) is 2.27. The lowest BCUT2D eigenvalue weighted by molar-refractivity contribution is 0.0696. The molecule has 2 N–H and O–H groups in total. The molecule has 0 aliphatic rings. The number of aromatic carboxylic acids is 1. The van der Waals surface area contributed by atoms with Crippen molar-refractivity contribution in [3.05, 3.63) is 23.4 Å². The summed E-state index contributed by atoms with van der Waals surface area (Å²) in [5.41, 5.74) is 1.07. The molecule has 0 fully saturated rings. The van der Waals surface area contributed by atoms with Crippen LogP contribution in [0.1, 0.15) is 42.7 Å². The molecule has 1 atom stereocenters. The number of nitrogens with one attached hydrogen (secondary N) is 1. The number of carbonyl (C=O) groups is 1. The van der Waals surface area contributed by atoms with Gasteiger partial charge in [0.2, 0.25) is 0 Å². The molecule has 0 aromatic carbocycles. The minimum Gasteiger partial charge on any atom is -0.478 e. The number of hydrogen-bond donors (Lipinski definition) is 2. The summed E-state index contributed by atoms with van der Waals surface area (Å²) in [5, 5.41) is 12.3. The van der Waals surface area contributed by atoms with E-state index >= 15 is 0 Å². The van der Waals surface area contributed by atoms with Crippen LogP contribution in [0.3, 0.4) is 0 Å². The summed E-state index contributed by atoms with van der Waals surface area (Å²) in [6, 6.07) is 3.56. The van der Waals surface area contributed by atoms with E-state index in [4.69, 9.17) is 5.11 Å². The largest absolute Gasteiger partial charge is 0.478 e. The van der Waals surface area contributed by atoms with Gasteiger partial charge in [-0.3, -0.25) is 0 Å². The monoisotopic (exact) mass is 265 g/mol. The van der Waals surface area contributed by atoms with Gasteiger partial charge >= 0.3 is 5.97 Å². The number of hydrogen-bond acceptors (Lipinski definition) is 4. The van der Waals surface area contributed by atoms with Crippen molar-refractivity contribution in [2.45, 2.75) is 32.7 Å². The minimum atomic E-state index is -0.923. The summed E-state index contributed by atoms with van der Waals surface area (Å²) in [4.78, 5) is 17.7. The van der Waals surface area contributed by atoms with E-state index in [1.807, 2.05) is 27.9 Å². The predicted molar refractivity (Wildman–Crippen MR) is 76.9 cm³/mol. The van der Waals surface area contributed by atoms with Crippen molar-refractivity contribution in [1.82, 2.24) is 9.88 Å². The Hall–Kier alpha value is -1.62. The Morgan fingerprint density at radius 3 is 2.47 bits per heavy atom. The van der Waals surface area contributed by atoms with E-state index < -0.39 is 5.97 Å². The molecule has 5 heteroatoms. The molecule has 0 saturated carbocycles. The molecule has 1 aromatic heterocycles. The highest BCUT2D eigenvalue weighted by atomic mass is 16.4. The van der Waals surface area contributed by atoms with Crippen LogP contribution in [0.2, 0.25) is 0 Å². The Labute approximate surface area is 114 Å². The van der Waals surface area contributed by atoms with Crippen LogP contribution in [0.5, 0.6) is 0 Å². The van der Waals surface area contributed by atoms with Crippen molar-refractivity contribution in [2.24, 2.45) is 0 Å². The van der Waals surface area contributed by atoms with Crippen LogP contribution in [0, 0.1) is 0 Å². The molecular weight excluding hydrogens is 242 g/mol. The SMILES string of the molecule is CC(C)c1cc(C(=O)O)cc(NCC(C)N(C)C)n1. The van der Waals surface area contributed by atoms with Crippen LogP contribution in [0.15, 0.2) is 12.1 Å². The van der Waals surface area contributed by atoms with Crippen molar-refractivity contribution >= 4 is 11.8 Å². The van der Waals surface area contributed by atoms with Gasteiger partial charge in [-0.05, 0) is 39.1 Å². The molecule has 1 heterocycles. The molecule has 0 aliphatic heterocycles. The molecule has 0 bridgehead atoms. The van der Waals surface area contributed by atoms with E-state index in [1.54, 1.807) is 12.1 Å². The van der Waals surface area contributed by atoms with E-state index in [2.05, 4.69) is 22.1 Å². The summed E-state index contributed by atoms with van der Waals surface area (Å²) in [6.07, 6.45) is 0. The average molecular weight is 265 g/mol. The first-order valence-electron chi connectivity index (χ1n) is 6.46. The second-order valence-electron chi connectivity index (χ2n) is 5.32. The molecule has 0 amide bonds. The highest BCUT2D eigenvalue weighted by molar-refractivity contribution is 5.88. The van der Waals surface area contributed by atoms with E-state index in [0.717, 1.165) is 12.2 Å². The first kappa shape index (κ1) is 15.4. The van der Waals surface area contributed by atoms with Gasteiger partial charge in [0, 0.05) is 18.3 Å². The van der Waals surface area contributed by atoms with Crippen molar-refractivity contribution in [3.63, 3.8) is 0 Å².